The maximum atomic E-state index is 14.0. The number of benzene rings is 3. The summed E-state index contributed by atoms with van der Waals surface area (Å²) in [5.41, 5.74) is -0.0492. The zero-order valence-electron chi connectivity index (χ0n) is 15.5. The molecular formula is C22H11ClFNO6. The number of ether oxygens (including phenoxy) is 2. The molecule has 3 aromatic rings. The summed E-state index contributed by atoms with van der Waals surface area (Å²) in [6.07, 6.45) is 1.20. The highest BCUT2D eigenvalue weighted by Crippen LogP contribution is 2.36. The molecule has 4 rings (SSSR count). The van der Waals surface area contributed by atoms with Gasteiger partial charge >= 0.3 is 5.97 Å². The molecule has 0 aromatic heterocycles. The Kier molecular flexibility index (Phi) is 5.22. The lowest BCUT2D eigenvalue weighted by molar-refractivity contribution is -0.384. The van der Waals surface area contributed by atoms with Gasteiger partial charge in [-0.1, -0.05) is 23.7 Å². The van der Waals surface area contributed by atoms with Crippen LogP contribution in [0.4, 0.5) is 10.1 Å². The molecule has 0 unspecified atom stereocenters. The third kappa shape index (κ3) is 4.01. The van der Waals surface area contributed by atoms with Gasteiger partial charge in [-0.2, -0.15) is 0 Å². The summed E-state index contributed by atoms with van der Waals surface area (Å²) in [4.78, 5) is 35.1. The zero-order valence-corrected chi connectivity index (χ0v) is 16.3. The number of nitrogens with zero attached hydrogens (tertiary/aromatic N) is 1. The number of halogens is 2. The van der Waals surface area contributed by atoms with Crippen LogP contribution in [-0.4, -0.2) is 16.7 Å². The Balaban J connectivity index is 1.58. The summed E-state index contributed by atoms with van der Waals surface area (Å²) >= 11 is 5.99. The molecule has 0 aliphatic carbocycles. The van der Waals surface area contributed by atoms with Crippen LogP contribution in [0.1, 0.15) is 26.3 Å². The normalized spacial score (nSPS) is 13.6. The number of hydrogen-bond donors (Lipinski definition) is 0. The van der Waals surface area contributed by atoms with Crippen LogP contribution in [0.25, 0.3) is 6.08 Å². The Bertz CT molecular complexity index is 1270. The average Bonchev–Trinajstić information content (AvgIpc) is 3.05. The number of carbonyl (C=O) groups is 2. The molecule has 0 saturated carbocycles. The molecule has 7 nitrogen and oxygen atoms in total. The number of rotatable bonds is 4. The molecule has 1 heterocycles. The third-order valence-electron chi connectivity index (χ3n) is 4.42. The molecule has 3 aromatic carbocycles. The Morgan fingerprint density at radius 1 is 1.13 bits per heavy atom. The number of nitro groups is 1. The predicted molar refractivity (Wildman–Crippen MR) is 109 cm³/mol. The van der Waals surface area contributed by atoms with E-state index in [2.05, 4.69) is 0 Å². The largest absolute Gasteiger partial charge is 0.452 e. The lowest BCUT2D eigenvalue weighted by Gasteiger charge is -2.06. The Morgan fingerprint density at radius 3 is 2.65 bits per heavy atom. The highest BCUT2D eigenvalue weighted by Gasteiger charge is 2.29. The van der Waals surface area contributed by atoms with Gasteiger partial charge in [0.25, 0.3) is 5.69 Å². The molecule has 31 heavy (non-hydrogen) atoms. The van der Waals surface area contributed by atoms with Crippen LogP contribution in [-0.2, 0) is 0 Å². The highest BCUT2D eigenvalue weighted by molar-refractivity contribution is 6.32. The minimum absolute atomic E-state index is 0.0117. The van der Waals surface area contributed by atoms with Crippen LogP contribution in [0, 0.1) is 15.9 Å². The second-order valence-electron chi connectivity index (χ2n) is 6.43. The molecule has 0 bridgehead atoms. The smallest absolute Gasteiger partial charge is 0.343 e. The Hall–Kier alpha value is -4.04. The highest BCUT2D eigenvalue weighted by atomic mass is 35.5. The predicted octanol–water partition coefficient (Wildman–Crippen LogP) is 5.22. The summed E-state index contributed by atoms with van der Waals surface area (Å²) in [5, 5.41) is 11.0. The van der Waals surface area contributed by atoms with Crippen LogP contribution >= 0.6 is 11.6 Å². The van der Waals surface area contributed by atoms with Crippen LogP contribution < -0.4 is 9.47 Å². The van der Waals surface area contributed by atoms with Crippen LogP contribution in [0.2, 0.25) is 5.02 Å². The number of allylic oxidation sites excluding steroid dienone is 1. The number of hydrogen-bond acceptors (Lipinski definition) is 6. The number of nitro benzene ring substituents is 1. The first-order valence-electron chi connectivity index (χ1n) is 8.82. The van der Waals surface area contributed by atoms with Crippen molar-refractivity contribution in [3.05, 3.63) is 104 Å². The summed E-state index contributed by atoms with van der Waals surface area (Å²) in [5.74, 6) is -1.86. The van der Waals surface area contributed by atoms with Gasteiger partial charge < -0.3 is 9.47 Å². The minimum atomic E-state index is -0.818. The average molecular weight is 440 g/mol. The van der Waals surface area contributed by atoms with Crippen molar-refractivity contribution in [3.63, 3.8) is 0 Å². The van der Waals surface area contributed by atoms with Crippen LogP contribution in [0.15, 0.2) is 66.4 Å². The first kappa shape index (κ1) is 20.2. The summed E-state index contributed by atoms with van der Waals surface area (Å²) in [7, 11) is 0. The maximum Gasteiger partial charge on any atom is 0.343 e. The first-order chi connectivity index (χ1) is 14.8. The molecule has 0 spiro atoms. The second kappa shape index (κ2) is 8.00. The Morgan fingerprint density at radius 2 is 1.90 bits per heavy atom. The molecule has 1 aliphatic rings. The van der Waals surface area contributed by atoms with Crippen molar-refractivity contribution < 1.29 is 28.4 Å². The van der Waals surface area contributed by atoms with Gasteiger partial charge in [-0.05, 0) is 36.4 Å². The minimum Gasteiger partial charge on any atom is -0.452 e. The Labute approximate surface area is 179 Å². The van der Waals surface area contributed by atoms with Crippen molar-refractivity contribution in [2.24, 2.45) is 0 Å². The fraction of sp³-hybridized carbons (Fsp3) is 0. The van der Waals surface area contributed by atoms with E-state index in [0.29, 0.717) is 0 Å². The number of ketones is 1. The quantitative estimate of drug-likeness (QED) is 0.182. The van der Waals surface area contributed by atoms with E-state index in [4.69, 9.17) is 21.1 Å². The lowest BCUT2D eigenvalue weighted by Crippen LogP contribution is -2.08. The van der Waals surface area contributed by atoms with Crippen LogP contribution in [0.3, 0.4) is 0 Å². The second-order valence-corrected chi connectivity index (χ2v) is 6.84. The standard InChI is InChI=1S/C22H11ClFNO6/c23-17-5-2-6-18(24)16(17)11-20-21(26)15-8-7-14(10-19(15)31-20)30-22(27)12-3-1-4-13(9-12)25(28)29/h1-11H/b20-11-. The van der Waals surface area contributed by atoms with Gasteiger partial charge in [0.15, 0.2) is 5.76 Å². The summed E-state index contributed by atoms with van der Waals surface area (Å²) in [6, 6.07) is 13.3. The summed E-state index contributed by atoms with van der Waals surface area (Å²) in [6.45, 7) is 0. The SMILES string of the molecule is O=C(Oc1ccc2c(c1)O/C(=C\c1c(F)cccc1Cl)C2=O)c1cccc([N+](=O)[O-])c1. The van der Waals surface area contributed by atoms with Gasteiger partial charge in [0.2, 0.25) is 5.78 Å². The zero-order chi connectivity index (χ0) is 22.1. The van der Waals surface area contributed by atoms with Crippen molar-refractivity contribution in [2.75, 3.05) is 0 Å². The van der Waals surface area contributed by atoms with E-state index in [9.17, 15) is 24.1 Å². The summed E-state index contributed by atoms with van der Waals surface area (Å²) < 4.78 is 24.8. The van der Waals surface area contributed by atoms with E-state index < -0.39 is 22.5 Å². The van der Waals surface area contributed by atoms with E-state index >= 15 is 0 Å². The van der Waals surface area contributed by atoms with Crippen molar-refractivity contribution in [3.8, 4) is 11.5 Å². The van der Waals surface area contributed by atoms with E-state index in [1.165, 1.54) is 60.7 Å². The van der Waals surface area contributed by atoms with Gasteiger partial charge in [-0.3, -0.25) is 14.9 Å². The van der Waals surface area contributed by atoms with Crippen molar-refractivity contribution in [2.45, 2.75) is 0 Å². The van der Waals surface area contributed by atoms with E-state index in [1.54, 1.807) is 0 Å². The maximum absolute atomic E-state index is 14.0. The molecule has 0 amide bonds. The molecule has 0 fully saturated rings. The number of carbonyl (C=O) groups excluding carboxylic acids is 2. The lowest BCUT2D eigenvalue weighted by atomic mass is 10.1. The van der Waals surface area contributed by atoms with Gasteiger partial charge in [0, 0.05) is 23.8 Å². The molecule has 0 atom stereocenters. The van der Waals surface area contributed by atoms with Gasteiger partial charge in [-0.25, -0.2) is 9.18 Å². The molecule has 0 saturated heterocycles. The molecule has 0 radical (unpaired) electrons. The van der Waals surface area contributed by atoms with Gasteiger partial charge in [0.05, 0.1) is 21.1 Å². The molecular weight excluding hydrogens is 429 g/mol. The van der Waals surface area contributed by atoms with Gasteiger partial charge in [-0.15, -0.1) is 0 Å². The van der Waals surface area contributed by atoms with E-state index in [1.807, 2.05) is 0 Å². The van der Waals surface area contributed by atoms with E-state index in [0.717, 1.165) is 6.07 Å². The third-order valence-corrected chi connectivity index (χ3v) is 4.75. The topological polar surface area (TPSA) is 95.7 Å². The number of Topliss-reactive ketones (excluding diaryl/α,β-unsaturated/α-hetero) is 1. The number of esters is 1. The molecule has 9 heteroatoms. The number of fused-ring (bicyclic) bond motifs is 1. The van der Waals surface area contributed by atoms with Crippen molar-refractivity contribution in [1.82, 2.24) is 0 Å². The number of non-ortho nitro benzene ring substituents is 1. The fourth-order valence-electron chi connectivity index (χ4n) is 2.92. The monoisotopic (exact) mass is 439 g/mol. The first-order valence-corrected chi connectivity index (χ1v) is 9.20. The molecule has 0 N–H and O–H groups in total. The van der Waals surface area contributed by atoms with Crippen molar-refractivity contribution >= 4 is 35.1 Å². The van der Waals surface area contributed by atoms with Crippen molar-refractivity contribution in [1.29, 1.82) is 0 Å². The fourth-order valence-corrected chi connectivity index (χ4v) is 3.14. The van der Waals surface area contributed by atoms with Crippen LogP contribution in [0.5, 0.6) is 11.5 Å². The molecule has 1 aliphatic heterocycles. The van der Waals surface area contributed by atoms with E-state index in [-0.39, 0.29) is 44.7 Å². The molecule has 154 valence electrons. The van der Waals surface area contributed by atoms with Gasteiger partial charge in [0.1, 0.15) is 17.3 Å².